The van der Waals surface area contributed by atoms with Crippen LogP contribution in [0.1, 0.15) is 43.5 Å². The van der Waals surface area contributed by atoms with E-state index < -0.39 is 0 Å². The molecule has 128 valence electrons. The summed E-state index contributed by atoms with van der Waals surface area (Å²) in [5.74, 6) is 0.0416. The summed E-state index contributed by atoms with van der Waals surface area (Å²) in [6, 6.07) is 16.1. The Morgan fingerprint density at radius 3 is 2.38 bits per heavy atom. The third-order valence-corrected chi connectivity index (χ3v) is 3.79. The fraction of sp³-hybridized carbons (Fsp3) is 0.350. The van der Waals surface area contributed by atoms with Crippen LogP contribution >= 0.6 is 0 Å². The number of aliphatic hydroxyl groups is 1. The fourth-order valence-electron chi connectivity index (χ4n) is 2.57. The summed E-state index contributed by atoms with van der Waals surface area (Å²) in [4.78, 5) is 11.8. The van der Waals surface area contributed by atoms with Crippen molar-refractivity contribution >= 4 is 11.6 Å². The third-order valence-electron chi connectivity index (χ3n) is 3.79. The number of hydrogen-bond acceptors (Lipinski definition) is 3. The molecule has 2 aromatic rings. The molecule has 0 aromatic heterocycles. The van der Waals surface area contributed by atoms with E-state index in [2.05, 4.69) is 17.6 Å². The monoisotopic (exact) mass is 326 g/mol. The molecule has 2 aromatic carbocycles. The van der Waals surface area contributed by atoms with Crippen molar-refractivity contribution in [3.8, 4) is 0 Å². The molecule has 4 heteroatoms. The Labute approximate surface area is 143 Å². The van der Waals surface area contributed by atoms with Gasteiger partial charge in [0.1, 0.15) is 0 Å². The van der Waals surface area contributed by atoms with Crippen molar-refractivity contribution in [2.24, 2.45) is 0 Å². The van der Waals surface area contributed by atoms with Crippen molar-refractivity contribution in [2.45, 2.75) is 45.9 Å². The second kappa shape index (κ2) is 8.50. The second-order valence-electron chi connectivity index (χ2n) is 6.37. The van der Waals surface area contributed by atoms with Gasteiger partial charge in [0.2, 0.25) is 5.91 Å². The van der Waals surface area contributed by atoms with Gasteiger partial charge < -0.3 is 15.7 Å². The van der Waals surface area contributed by atoms with E-state index in [9.17, 15) is 9.90 Å². The van der Waals surface area contributed by atoms with Gasteiger partial charge in [-0.3, -0.25) is 4.79 Å². The van der Waals surface area contributed by atoms with E-state index in [4.69, 9.17) is 0 Å². The van der Waals surface area contributed by atoms with Gasteiger partial charge in [-0.25, -0.2) is 0 Å². The maximum atomic E-state index is 11.8. The summed E-state index contributed by atoms with van der Waals surface area (Å²) in [7, 11) is 0. The number of benzene rings is 2. The van der Waals surface area contributed by atoms with Crippen LogP contribution in [0.4, 0.5) is 5.69 Å². The Morgan fingerprint density at radius 2 is 1.75 bits per heavy atom. The molecule has 24 heavy (non-hydrogen) atoms. The Bertz CT molecular complexity index is 666. The first-order chi connectivity index (χ1) is 11.5. The van der Waals surface area contributed by atoms with Gasteiger partial charge in [-0.2, -0.15) is 0 Å². The highest BCUT2D eigenvalue weighted by Crippen LogP contribution is 2.20. The van der Waals surface area contributed by atoms with Crippen molar-refractivity contribution in [2.75, 3.05) is 5.32 Å². The van der Waals surface area contributed by atoms with E-state index in [0.29, 0.717) is 6.42 Å². The molecule has 0 radical (unpaired) electrons. The van der Waals surface area contributed by atoms with Crippen molar-refractivity contribution in [1.82, 2.24) is 5.32 Å². The lowest BCUT2D eigenvalue weighted by Gasteiger charge is -2.17. The van der Waals surface area contributed by atoms with E-state index in [0.717, 1.165) is 22.4 Å². The van der Waals surface area contributed by atoms with E-state index in [1.54, 1.807) is 0 Å². The van der Waals surface area contributed by atoms with Gasteiger partial charge in [0.25, 0.3) is 0 Å². The Hall–Kier alpha value is -2.33. The predicted molar refractivity (Wildman–Crippen MR) is 97.8 cm³/mol. The quantitative estimate of drug-likeness (QED) is 0.730. The second-order valence-corrected chi connectivity index (χ2v) is 6.37. The highest BCUT2D eigenvalue weighted by molar-refractivity contribution is 5.78. The summed E-state index contributed by atoms with van der Waals surface area (Å²) in [6.45, 7) is 6.05. The molecular weight excluding hydrogens is 300 g/mol. The number of carbonyl (C=O) groups excluding carboxylic acids is 1. The van der Waals surface area contributed by atoms with Crippen molar-refractivity contribution in [1.29, 1.82) is 0 Å². The van der Waals surface area contributed by atoms with Gasteiger partial charge in [0.05, 0.1) is 13.0 Å². The molecule has 0 fully saturated rings. The number of hydrogen-bond donors (Lipinski definition) is 3. The van der Waals surface area contributed by atoms with Crippen molar-refractivity contribution < 1.29 is 9.90 Å². The molecule has 0 saturated carbocycles. The molecule has 0 saturated heterocycles. The van der Waals surface area contributed by atoms with Crippen LogP contribution in [0.25, 0.3) is 0 Å². The Morgan fingerprint density at radius 1 is 1.04 bits per heavy atom. The van der Waals surface area contributed by atoms with E-state index in [-0.39, 0.29) is 24.6 Å². The smallest absolute Gasteiger partial charge is 0.224 e. The highest BCUT2D eigenvalue weighted by Gasteiger charge is 2.08. The average Bonchev–Trinajstić information content (AvgIpc) is 2.56. The molecule has 0 aliphatic carbocycles. The average molecular weight is 326 g/mol. The maximum absolute atomic E-state index is 11.8. The minimum atomic E-state index is 0.0416. The molecule has 1 atom stereocenters. The van der Waals surface area contributed by atoms with Gasteiger partial charge in [-0.05, 0) is 49.6 Å². The largest absolute Gasteiger partial charge is 0.392 e. The number of nitrogens with one attached hydrogen (secondary N) is 2. The number of carbonyl (C=O) groups is 1. The number of anilines is 1. The molecule has 0 spiro atoms. The molecule has 0 heterocycles. The minimum Gasteiger partial charge on any atom is -0.392 e. The van der Waals surface area contributed by atoms with Crippen molar-refractivity contribution in [3.63, 3.8) is 0 Å². The SMILES string of the molecule is CC(C)NC(=O)Cc1ccc(NC(C)c2cccc(CO)c2)cc1. The molecule has 0 aliphatic rings. The first kappa shape index (κ1) is 18.0. The molecule has 0 aliphatic heterocycles. The molecule has 4 nitrogen and oxygen atoms in total. The topological polar surface area (TPSA) is 61.4 Å². The zero-order valence-electron chi connectivity index (χ0n) is 14.5. The lowest BCUT2D eigenvalue weighted by atomic mass is 10.0. The van der Waals surface area contributed by atoms with Gasteiger partial charge in [-0.1, -0.05) is 36.4 Å². The molecule has 1 unspecified atom stereocenters. The number of aliphatic hydroxyl groups excluding tert-OH is 1. The zero-order valence-corrected chi connectivity index (χ0v) is 14.5. The zero-order chi connectivity index (χ0) is 17.5. The van der Waals surface area contributed by atoms with Crippen LogP contribution in [0.15, 0.2) is 48.5 Å². The summed E-state index contributed by atoms with van der Waals surface area (Å²) in [5, 5.41) is 15.6. The predicted octanol–water partition coefficient (Wildman–Crippen LogP) is 3.42. The highest BCUT2D eigenvalue weighted by atomic mass is 16.3. The van der Waals surface area contributed by atoms with Gasteiger partial charge in [0, 0.05) is 17.8 Å². The molecular formula is C20H26N2O2. The first-order valence-electron chi connectivity index (χ1n) is 8.32. The minimum absolute atomic E-state index is 0.0416. The van der Waals surface area contributed by atoms with E-state index in [1.807, 2.05) is 62.4 Å². The van der Waals surface area contributed by atoms with Crippen LogP contribution in [-0.4, -0.2) is 17.1 Å². The summed E-state index contributed by atoms with van der Waals surface area (Å²) < 4.78 is 0. The van der Waals surface area contributed by atoms with Gasteiger partial charge >= 0.3 is 0 Å². The fourth-order valence-corrected chi connectivity index (χ4v) is 2.57. The first-order valence-corrected chi connectivity index (χ1v) is 8.32. The van der Waals surface area contributed by atoms with Crippen molar-refractivity contribution in [3.05, 3.63) is 65.2 Å². The number of rotatable bonds is 7. The van der Waals surface area contributed by atoms with Crippen LogP contribution < -0.4 is 10.6 Å². The maximum Gasteiger partial charge on any atom is 0.224 e. The van der Waals surface area contributed by atoms with Crippen LogP contribution in [0.5, 0.6) is 0 Å². The van der Waals surface area contributed by atoms with Crippen LogP contribution in [-0.2, 0) is 17.8 Å². The molecule has 0 bridgehead atoms. The molecule has 2 rings (SSSR count). The molecule has 3 N–H and O–H groups in total. The summed E-state index contributed by atoms with van der Waals surface area (Å²) >= 11 is 0. The normalized spacial score (nSPS) is 12.0. The summed E-state index contributed by atoms with van der Waals surface area (Å²) in [6.07, 6.45) is 0.395. The third kappa shape index (κ3) is 5.39. The Balaban J connectivity index is 1.96. The Kier molecular flexibility index (Phi) is 6.38. The lowest BCUT2D eigenvalue weighted by molar-refractivity contribution is -0.120. The van der Waals surface area contributed by atoms with Crippen LogP contribution in [0, 0.1) is 0 Å². The lowest BCUT2D eigenvalue weighted by Crippen LogP contribution is -2.31. The van der Waals surface area contributed by atoms with Crippen LogP contribution in [0.3, 0.4) is 0 Å². The standard InChI is InChI=1S/C20H26N2O2/c1-14(2)21-20(24)12-16-7-9-19(10-8-16)22-15(3)18-6-4-5-17(11-18)13-23/h4-11,14-15,22-23H,12-13H2,1-3H3,(H,21,24). The van der Waals surface area contributed by atoms with E-state index >= 15 is 0 Å². The van der Waals surface area contributed by atoms with Gasteiger partial charge in [0.15, 0.2) is 0 Å². The number of amides is 1. The van der Waals surface area contributed by atoms with Crippen LogP contribution in [0.2, 0.25) is 0 Å². The summed E-state index contributed by atoms with van der Waals surface area (Å²) in [5.41, 5.74) is 4.04. The van der Waals surface area contributed by atoms with E-state index in [1.165, 1.54) is 0 Å². The molecule has 1 amide bonds. The van der Waals surface area contributed by atoms with Gasteiger partial charge in [-0.15, -0.1) is 0 Å².